The molecule has 1 aliphatic heterocycles. The summed E-state index contributed by atoms with van der Waals surface area (Å²) < 4.78 is 5.86. The number of aliphatic hydroxyl groups excluding tert-OH is 1. The van der Waals surface area contributed by atoms with E-state index in [1.54, 1.807) is 12.4 Å². The van der Waals surface area contributed by atoms with Crippen LogP contribution in [0, 0.1) is 0 Å². The molecule has 1 aliphatic rings. The van der Waals surface area contributed by atoms with E-state index in [0.717, 1.165) is 18.9 Å². The number of oxazole rings is 1. The number of aliphatic hydroxyl groups is 1. The van der Waals surface area contributed by atoms with E-state index in [4.69, 9.17) is 4.42 Å². The molecule has 0 amide bonds. The number of pyridine rings is 1. The van der Waals surface area contributed by atoms with Gasteiger partial charge in [0.2, 0.25) is 5.65 Å². The van der Waals surface area contributed by atoms with Crippen LogP contribution in [0.3, 0.4) is 0 Å². The summed E-state index contributed by atoms with van der Waals surface area (Å²) in [7, 11) is 0. The van der Waals surface area contributed by atoms with E-state index in [1.165, 1.54) is 0 Å². The fourth-order valence-electron chi connectivity index (χ4n) is 3.43. The molecule has 1 N–H and O–H groups in total. The zero-order chi connectivity index (χ0) is 17.4. The Balaban J connectivity index is 1.58. The summed E-state index contributed by atoms with van der Waals surface area (Å²) in [5.41, 5.74) is 1.33. The van der Waals surface area contributed by atoms with Crippen LogP contribution < -0.4 is 9.80 Å². The van der Waals surface area contributed by atoms with Crippen LogP contribution in [-0.4, -0.2) is 50.2 Å². The summed E-state index contributed by atoms with van der Waals surface area (Å²) in [6.45, 7) is 5.65. The van der Waals surface area contributed by atoms with Gasteiger partial charge in [-0.25, -0.2) is 15.0 Å². The summed E-state index contributed by atoms with van der Waals surface area (Å²) in [6, 6.07) is 6.60. The summed E-state index contributed by atoms with van der Waals surface area (Å²) in [5, 5.41) is 9.27. The lowest BCUT2D eigenvalue weighted by molar-refractivity contribution is 0.271. The Kier molecular flexibility index (Phi) is 3.96. The van der Waals surface area contributed by atoms with E-state index >= 15 is 0 Å². The Morgan fingerprint density at radius 3 is 2.64 bits per heavy atom. The molecular formula is C17H20N6O2. The van der Waals surface area contributed by atoms with Crippen LogP contribution >= 0.6 is 0 Å². The standard InChI is InChI=1S/C17H20N6O2/c1-11-8-22(17-21-16-13(25-17)4-3-6-19-16)9-12(2)23(11)15-5-7-18-14(10-24)20-15/h3-7,11-12,24H,8-10H2,1-2H3. The number of hydrogen-bond acceptors (Lipinski definition) is 8. The van der Waals surface area contributed by atoms with E-state index in [0.29, 0.717) is 23.1 Å². The number of rotatable bonds is 3. The second kappa shape index (κ2) is 6.29. The van der Waals surface area contributed by atoms with Gasteiger partial charge in [-0.05, 0) is 32.0 Å². The van der Waals surface area contributed by atoms with Crippen LogP contribution in [-0.2, 0) is 6.61 Å². The molecule has 0 aliphatic carbocycles. The van der Waals surface area contributed by atoms with Crippen molar-refractivity contribution in [2.45, 2.75) is 32.5 Å². The van der Waals surface area contributed by atoms with Crippen molar-refractivity contribution in [2.24, 2.45) is 0 Å². The quantitative estimate of drug-likeness (QED) is 0.769. The van der Waals surface area contributed by atoms with Crippen molar-refractivity contribution >= 4 is 23.1 Å². The minimum atomic E-state index is -0.160. The SMILES string of the molecule is CC1CN(c2nc3ncccc3o2)CC(C)N1c1ccnc(CO)n1. The van der Waals surface area contributed by atoms with Gasteiger partial charge in [-0.15, -0.1) is 0 Å². The van der Waals surface area contributed by atoms with Crippen molar-refractivity contribution in [1.29, 1.82) is 0 Å². The lowest BCUT2D eigenvalue weighted by Gasteiger charge is -2.44. The third-order valence-corrected chi connectivity index (χ3v) is 4.44. The van der Waals surface area contributed by atoms with Crippen molar-refractivity contribution in [1.82, 2.24) is 19.9 Å². The van der Waals surface area contributed by atoms with Crippen molar-refractivity contribution < 1.29 is 9.52 Å². The molecule has 0 saturated carbocycles. The Morgan fingerprint density at radius 2 is 1.92 bits per heavy atom. The molecule has 2 atom stereocenters. The lowest BCUT2D eigenvalue weighted by atomic mass is 10.1. The number of hydrogen-bond donors (Lipinski definition) is 1. The first-order chi connectivity index (χ1) is 12.2. The minimum Gasteiger partial charge on any atom is -0.422 e. The molecule has 25 heavy (non-hydrogen) atoms. The highest BCUT2D eigenvalue weighted by Crippen LogP contribution is 2.27. The number of fused-ring (bicyclic) bond motifs is 1. The molecule has 1 saturated heterocycles. The first-order valence-electron chi connectivity index (χ1n) is 8.33. The zero-order valence-corrected chi connectivity index (χ0v) is 14.2. The Labute approximate surface area is 145 Å². The van der Waals surface area contributed by atoms with E-state index in [-0.39, 0.29) is 18.7 Å². The van der Waals surface area contributed by atoms with Crippen molar-refractivity contribution in [3.63, 3.8) is 0 Å². The highest BCUT2D eigenvalue weighted by molar-refractivity contribution is 5.69. The van der Waals surface area contributed by atoms with Crippen molar-refractivity contribution in [3.8, 4) is 0 Å². The highest BCUT2D eigenvalue weighted by Gasteiger charge is 2.32. The van der Waals surface area contributed by atoms with Crippen molar-refractivity contribution in [2.75, 3.05) is 22.9 Å². The third kappa shape index (κ3) is 2.89. The maximum Gasteiger partial charge on any atom is 0.300 e. The maximum absolute atomic E-state index is 9.27. The van der Waals surface area contributed by atoms with Crippen LogP contribution in [0.1, 0.15) is 19.7 Å². The topological polar surface area (TPSA) is 91.4 Å². The molecule has 0 spiro atoms. The molecule has 8 heteroatoms. The Hall–Kier alpha value is -2.74. The molecule has 0 aromatic carbocycles. The van der Waals surface area contributed by atoms with E-state index in [9.17, 15) is 5.11 Å². The number of piperazine rings is 1. The molecule has 3 aromatic heterocycles. The summed E-state index contributed by atoms with van der Waals surface area (Å²) in [6.07, 6.45) is 3.40. The number of anilines is 2. The van der Waals surface area contributed by atoms with Gasteiger partial charge in [0, 0.05) is 37.6 Å². The Morgan fingerprint density at radius 1 is 1.12 bits per heavy atom. The van der Waals surface area contributed by atoms with E-state index in [2.05, 4.69) is 43.6 Å². The van der Waals surface area contributed by atoms with Crippen LogP contribution in [0.2, 0.25) is 0 Å². The third-order valence-electron chi connectivity index (χ3n) is 4.44. The summed E-state index contributed by atoms with van der Waals surface area (Å²) in [5.74, 6) is 1.27. The average Bonchev–Trinajstić information content (AvgIpc) is 3.05. The van der Waals surface area contributed by atoms with Gasteiger partial charge in [-0.1, -0.05) is 0 Å². The van der Waals surface area contributed by atoms with E-state index < -0.39 is 0 Å². The lowest BCUT2D eigenvalue weighted by Crippen LogP contribution is -2.57. The largest absolute Gasteiger partial charge is 0.422 e. The zero-order valence-electron chi connectivity index (χ0n) is 14.2. The van der Waals surface area contributed by atoms with Gasteiger partial charge in [0.05, 0.1) is 0 Å². The summed E-state index contributed by atoms with van der Waals surface area (Å²) >= 11 is 0. The molecule has 2 unspecified atom stereocenters. The normalized spacial score (nSPS) is 21.1. The van der Waals surface area contributed by atoms with Gasteiger partial charge >= 0.3 is 0 Å². The van der Waals surface area contributed by atoms with Gasteiger partial charge < -0.3 is 19.3 Å². The van der Waals surface area contributed by atoms with Gasteiger partial charge in [0.15, 0.2) is 11.4 Å². The minimum absolute atomic E-state index is 0.160. The molecule has 4 heterocycles. The second-order valence-corrected chi connectivity index (χ2v) is 6.32. The fraction of sp³-hybridized carbons (Fsp3) is 0.412. The van der Waals surface area contributed by atoms with Gasteiger partial charge in [0.25, 0.3) is 6.01 Å². The highest BCUT2D eigenvalue weighted by atomic mass is 16.4. The van der Waals surface area contributed by atoms with Crippen LogP contribution in [0.5, 0.6) is 0 Å². The second-order valence-electron chi connectivity index (χ2n) is 6.32. The van der Waals surface area contributed by atoms with Gasteiger partial charge in [-0.3, -0.25) is 0 Å². The molecule has 8 nitrogen and oxygen atoms in total. The van der Waals surface area contributed by atoms with E-state index in [1.807, 2.05) is 18.2 Å². The maximum atomic E-state index is 9.27. The van der Waals surface area contributed by atoms with Crippen LogP contribution in [0.15, 0.2) is 35.0 Å². The van der Waals surface area contributed by atoms with Gasteiger partial charge in [-0.2, -0.15) is 4.98 Å². The van der Waals surface area contributed by atoms with Crippen LogP contribution in [0.25, 0.3) is 11.2 Å². The fourth-order valence-corrected chi connectivity index (χ4v) is 3.43. The number of nitrogens with zero attached hydrogens (tertiary/aromatic N) is 6. The summed E-state index contributed by atoms with van der Waals surface area (Å²) in [4.78, 5) is 21.6. The van der Waals surface area contributed by atoms with Crippen LogP contribution in [0.4, 0.5) is 11.8 Å². The van der Waals surface area contributed by atoms with Crippen molar-refractivity contribution in [3.05, 3.63) is 36.4 Å². The molecule has 4 rings (SSSR count). The molecule has 3 aromatic rings. The predicted molar refractivity (Wildman–Crippen MR) is 93.4 cm³/mol. The molecule has 130 valence electrons. The first kappa shape index (κ1) is 15.8. The smallest absolute Gasteiger partial charge is 0.300 e. The monoisotopic (exact) mass is 340 g/mol. The molecule has 1 fully saturated rings. The molecule has 0 radical (unpaired) electrons. The Bertz CT molecular complexity index is 837. The average molecular weight is 340 g/mol. The first-order valence-corrected chi connectivity index (χ1v) is 8.33. The van der Waals surface area contributed by atoms with Gasteiger partial charge in [0.1, 0.15) is 12.4 Å². The predicted octanol–water partition coefficient (Wildman–Crippen LogP) is 1.61. The number of aromatic nitrogens is 4. The molecule has 0 bridgehead atoms. The molecular weight excluding hydrogens is 320 g/mol.